The van der Waals surface area contributed by atoms with Crippen molar-refractivity contribution in [2.24, 2.45) is 10.9 Å². The molecule has 0 heterocycles. The molecule has 0 aliphatic carbocycles. The number of amidine groups is 1. The second kappa shape index (κ2) is 5.67. The second-order valence-corrected chi connectivity index (χ2v) is 4.59. The Balaban J connectivity index is 2.92. The first-order valence-electron chi connectivity index (χ1n) is 4.93. The smallest absolute Gasteiger partial charge is 0.255 e. The van der Waals surface area contributed by atoms with Crippen molar-refractivity contribution in [3.8, 4) is 0 Å². The van der Waals surface area contributed by atoms with Crippen LogP contribution in [0.1, 0.15) is 15.9 Å². The summed E-state index contributed by atoms with van der Waals surface area (Å²) in [4.78, 5) is 13.5. The number of amides is 1. The molecule has 1 aromatic carbocycles. The third-order valence-corrected chi connectivity index (χ3v) is 2.92. The molecule has 0 radical (unpaired) electrons. The van der Waals surface area contributed by atoms with Crippen LogP contribution in [0.25, 0.3) is 0 Å². The Labute approximate surface area is 108 Å². The van der Waals surface area contributed by atoms with Crippen LogP contribution in [0.3, 0.4) is 0 Å². The molecule has 1 aromatic rings. The molecule has 0 spiro atoms. The van der Waals surface area contributed by atoms with Gasteiger partial charge >= 0.3 is 0 Å². The highest BCUT2D eigenvalue weighted by molar-refractivity contribution is 9.10. The van der Waals surface area contributed by atoms with Crippen molar-refractivity contribution in [3.05, 3.63) is 33.8 Å². The van der Waals surface area contributed by atoms with E-state index in [-0.39, 0.29) is 18.3 Å². The van der Waals surface area contributed by atoms with Gasteiger partial charge in [-0.2, -0.15) is 0 Å². The molecule has 0 aliphatic heterocycles. The van der Waals surface area contributed by atoms with Gasteiger partial charge in [-0.1, -0.05) is 16.8 Å². The minimum absolute atomic E-state index is 0.00961. The van der Waals surface area contributed by atoms with Crippen LogP contribution in [0.4, 0.5) is 0 Å². The van der Waals surface area contributed by atoms with Crippen LogP contribution in [0.2, 0.25) is 0 Å². The molecule has 0 saturated carbocycles. The normalized spacial score (nSPS) is 11.4. The van der Waals surface area contributed by atoms with Crippen molar-refractivity contribution in [1.29, 1.82) is 0 Å². The Bertz CT molecular complexity index is 460. The summed E-state index contributed by atoms with van der Waals surface area (Å²) in [5.74, 6) is -0.197. The van der Waals surface area contributed by atoms with E-state index in [4.69, 9.17) is 10.9 Å². The van der Waals surface area contributed by atoms with Crippen LogP contribution in [0, 0.1) is 6.92 Å². The number of benzene rings is 1. The average molecular weight is 300 g/mol. The fourth-order valence-electron chi connectivity index (χ4n) is 1.36. The summed E-state index contributed by atoms with van der Waals surface area (Å²) < 4.78 is 0.722. The Morgan fingerprint density at radius 1 is 1.59 bits per heavy atom. The van der Waals surface area contributed by atoms with E-state index >= 15 is 0 Å². The Hall–Kier alpha value is -1.56. The Kier molecular flexibility index (Phi) is 4.51. The number of likely N-dealkylation sites (N-methyl/N-ethyl adjacent to an activating group) is 1. The molecule has 17 heavy (non-hydrogen) atoms. The maximum atomic E-state index is 12.1. The first-order chi connectivity index (χ1) is 7.95. The van der Waals surface area contributed by atoms with E-state index in [1.807, 2.05) is 19.1 Å². The molecule has 5 nitrogen and oxygen atoms in total. The van der Waals surface area contributed by atoms with E-state index in [0.29, 0.717) is 5.56 Å². The van der Waals surface area contributed by atoms with Crippen molar-refractivity contribution in [3.63, 3.8) is 0 Å². The predicted molar refractivity (Wildman–Crippen MR) is 69.2 cm³/mol. The summed E-state index contributed by atoms with van der Waals surface area (Å²) in [5.41, 5.74) is 6.90. The zero-order valence-corrected chi connectivity index (χ0v) is 11.2. The van der Waals surface area contributed by atoms with Crippen molar-refractivity contribution in [2.45, 2.75) is 6.92 Å². The highest BCUT2D eigenvalue weighted by atomic mass is 79.9. The molecule has 0 saturated heterocycles. The van der Waals surface area contributed by atoms with Crippen molar-refractivity contribution in [1.82, 2.24) is 4.90 Å². The van der Waals surface area contributed by atoms with Gasteiger partial charge in [-0.15, -0.1) is 0 Å². The number of hydrogen-bond acceptors (Lipinski definition) is 3. The lowest BCUT2D eigenvalue weighted by Crippen LogP contribution is -2.35. The zero-order chi connectivity index (χ0) is 13.0. The van der Waals surface area contributed by atoms with Crippen LogP contribution in [0.5, 0.6) is 0 Å². The predicted octanol–water partition coefficient (Wildman–Crippen LogP) is 1.58. The van der Waals surface area contributed by atoms with Gasteiger partial charge in [0.15, 0.2) is 5.84 Å². The van der Waals surface area contributed by atoms with E-state index in [1.165, 1.54) is 4.90 Å². The largest absolute Gasteiger partial charge is 0.409 e. The molecule has 6 heteroatoms. The molecule has 3 N–H and O–H groups in total. The van der Waals surface area contributed by atoms with Crippen LogP contribution in [0.15, 0.2) is 27.8 Å². The number of nitrogens with zero attached hydrogens (tertiary/aromatic N) is 2. The fourth-order valence-corrected chi connectivity index (χ4v) is 1.77. The molecule has 1 rings (SSSR count). The number of carbonyl (C=O) groups is 1. The minimum Gasteiger partial charge on any atom is -0.409 e. The van der Waals surface area contributed by atoms with Gasteiger partial charge in [-0.3, -0.25) is 4.79 Å². The molecular formula is C11H14BrN3O2. The van der Waals surface area contributed by atoms with Crippen LogP contribution in [-0.4, -0.2) is 35.4 Å². The number of hydrogen-bond donors (Lipinski definition) is 2. The standard InChI is InChI=1S/C11H14BrN3O2/c1-7-3-4-9(12)8(5-7)11(16)15(2)6-10(13)14-17/h3-5,17H,6H2,1-2H3,(H2,13,14). The van der Waals surface area contributed by atoms with Gasteiger partial charge in [-0.05, 0) is 35.0 Å². The van der Waals surface area contributed by atoms with Gasteiger partial charge in [0.05, 0.1) is 12.1 Å². The summed E-state index contributed by atoms with van der Waals surface area (Å²) in [6.45, 7) is 1.99. The third-order valence-electron chi connectivity index (χ3n) is 2.23. The molecule has 0 aliphatic rings. The Morgan fingerprint density at radius 2 is 2.24 bits per heavy atom. The van der Waals surface area contributed by atoms with Crippen LogP contribution >= 0.6 is 15.9 Å². The van der Waals surface area contributed by atoms with E-state index in [1.54, 1.807) is 13.1 Å². The molecule has 1 amide bonds. The second-order valence-electron chi connectivity index (χ2n) is 3.74. The van der Waals surface area contributed by atoms with Gasteiger partial charge < -0.3 is 15.8 Å². The molecule has 0 atom stereocenters. The number of rotatable bonds is 3. The van der Waals surface area contributed by atoms with E-state index < -0.39 is 0 Å². The topological polar surface area (TPSA) is 78.9 Å². The van der Waals surface area contributed by atoms with Crippen molar-refractivity contribution < 1.29 is 10.0 Å². The van der Waals surface area contributed by atoms with Crippen molar-refractivity contribution >= 4 is 27.7 Å². The summed E-state index contributed by atoms with van der Waals surface area (Å²) in [6.07, 6.45) is 0. The molecule has 0 aromatic heterocycles. The van der Waals surface area contributed by atoms with Crippen LogP contribution in [-0.2, 0) is 0 Å². The van der Waals surface area contributed by atoms with Gasteiger partial charge in [0.1, 0.15) is 0 Å². The lowest BCUT2D eigenvalue weighted by molar-refractivity contribution is 0.0812. The van der Waals surface area contributed by atoms with Crippen LogP contribution < -0.4 is 5.73 Å². The van der Waals surface area contributed by atoms with Gasteiger partial charge in [0, 0.05) is 11.5 Å². The number of aryl methyl sites for hydroxylation is 1. The summed E-state index contributed by atoms with van der Waals surface area (Å²) in [7, 11) is 1.59. The first kappa shape index (κ1) is 13.5. The minimum atomic E-state index is -0.188. The highest BCUT2D eigenvalue weighted by Gasteiger charge is 2.15. The zero-order valence-electron chi connectivity index (χ0n) is 9.64. The van der Waals surface area contributed by atoms with E-state index in [2.05, 4.69) is 21.1 Å². The molecule has 0 bridgehead atoms. The molecule has 0 unspecified atom stereocenters. The first-order valence-corrected chi connectivity index (χ1v) is 5.73. The lowest BCUT2D eigenvalue weighted by atomic mass is 10.1. The monoisotopic (exact) mass is 299 g/mol. The molecule has 92 valence electrons. The highest BCUT2D eigenvalue weighted by Crippen LogP contribution is 2.19. The summed E-state index contributed by atoms with van der Waals surface area (Å²) in [6, 6.07) is 5.51. The Morgan fingerprint density at radius 3 is 2.82 bits per heavy atom. The maximum Gasteiger partial charge on any atom is 0.255 e. The number of halogens is 1. The van der Waals surface area contributed by atoms with E-state index in [9.17, 15) is 4.79 Å². The lowest BCUT2D eigenvalue weighted by Gasteiger charge is -2.17. The average Bonchev–Trinajstić information content (AvgIpc) is 2.31. The molecule has 0 fully saturated rings. The number of carbonyl (C=O) groups excluding carboxylic acids is 1. The number of nitrogens with two attached hydrogens (primary N) is 1. The quantitative estimate of drug-likeness (QED) is 0.385. The van der Waals surface area contributed by atoms with E-state index in [0.717, 1.165) is 10.0 Å². The fraction of sp³-hybridized carbons (Fsp3) is 0.273. The summed E-state index contributed by atoms with van der Waals surface area (Å²) in [5, 5.41) is 11.3. The SMILES string of the molecule is Cc1ccc(Br)c(C(=O)N(C)C/C(N)=N/O)c1. The van der Waals surface area contributed by atoms with Gasteiger partial charge in [0.25, 0.3) is 5.91 Å². The maximum absolute atomic E-state index is 12.1. The van der Waals surface area contributed by atoms with Crippen molar-refractivity contribution in [2.75, 3.05) is 13.6 Å². The number of oxime groups is 1. The molecular weight excluding hydrogens is 286 g/mol. The van der Waals surface area contributed by atoms with Gasteiger partial charge in [0.2, 0.25) is 0 Å². The van der Waals surface area contributed by atoms with Gasteiger partial charge in [-0.25, -0.2) is 0 Å². The third kappa shape index (κ3) is 3.45. The summed E-state index contributed by atoms with van der Waals surface area (Å²) >= 11 is 3.32.